The van der Waals surface area contributed by atoms with Gasteiger partial charge >= 0.3 is 5.79 Å². The Kier molecular flexibility index (Phi) is 2.06. The molecule has 4 heteroatoms. The fourth-order valence-corrected chi connectivity index (χ4v) is 1.72. The van der Waals surface area contributed by atoms with E-state index in [-0.39, 0.29) is 0 Å². The predicted molar refractivity (Wildman–Crippen MR) is 48.6 cm³/mol. The second-order valence-corrected chi connectivity index (χ2v) is 3.57. The smallest absolute Gasteiger partial charge is 0.311 e. The summed E-state index contributed by atoms with van der Waals surface area (Å²) in [7, 11) is 0. The van der Waals surface area contributed by atoms with Crippen LogP contribution < -0.4 is 4.74 Å². The molecule has 1 atom stereocenters. The number of hydrogen-bond donors (Lipinski definition) is 0. The van der Waals surface area contributed by atoms with Crippen LogP contribution in [-0.4, -0.2) is 12.1 Å². The van der Waals surface area contributed by atoms with Crippen molar-refractivity contribution in [2.45, 2.75) is 12.2 Å². The largest absolute Gasteiger partial charge is 0.454 e. The van der Waals surface area contributed by atoms with E-state index in [9.17, 15) is 4.79 Å². The Hall–Kier alpha value is -1.29. The van der Waals surface area contributed by atoms with Crippen LogP contribution in [0, 0.1) is 0 Å². The fraction of sp³-hybridized carbons (Fsp3) is 0.222. The fourth-order valence-electron chi connectivity index (χ4n) is 1.08. The van der Waals surface area contributed by atoms with Crippen molar-refractivity contribution in [1.29, 1.82) is 0 Å². The molecule has 1 aromatic heterocycles. The van der Waals surface area contributed by atoms with Crippen LogP contribution in [0.1, 0.15) is 6.42 Å². The molecule has 0 radical (unpaired) electrons. The van der Waals surface area contributed by atoms with Crippen molar-refractivity contribution in [3.63, 3.8) is 0 Å². The van der Waals surface area contributed by atoms with Crippen LogP contribution in [0.2, 0.25) is 0 Å². The van der Waals surface area contributed by atoms with Crippen LogP contribution in [-0.2, 0) is 9.53 Å². The Labute approximate surface area is 79.6 Å². The lowest BCUT2D eigenvalue weighted by molar-refractivity contribution is -0.154. The summed E-state index contributed by atoms with van der Waals surface area (Å²) in [5.74, 6) is -1.12. The Balaban J connectivity index is 2.11. The maximum atomic E-state index is 10.8. The molecule has 68 valence electrons. The highest BCUT2D eigenvalue weighted by molar-refractivity contribution is 7.11. The van der Waals surface area contributed by atoms with Crippen molar-refractivity contribution in [3.8, 4) is 5.06 Å². The third kappa shape index (κ3) is 1.58. The van der Waals surface area contributed by atoms with E-state index in [1.807, 2.05) is 11.4 Å². The maximum absolute atomic E-state index is 10.8. The zero-order chi connectivity index (χ0) is 9.15. The molecular formula is C9H8O3S. The van der Waals surface area contributed by atoms with Crippen molar-refractivity contribution in [2.24, 2.45) is 0 Å². The molecule has 13 heavy (non-hydrogen) atoms. The van der Waals surface area contributed by atoms with E-state index in [4.69, 9.17) is 9.47 Å². The van der Waals surface area contributed by atoms with Gasteiger partial charge in [0.2, 0.25) is 6.29 Å². The van der Waals surface area contributed by atoms with Gasteiger partial charge in [0, 0.05) is 0 Å². The summed E-state index contributed by atoms with van der Waals surface area (Å²) in [6.45, 7) is 0. The number of aldehydes is 1. The molecule has 1 aliphatic heterocycles. The SMILES string of the molecule is O=CC1(Oc2cccs2)CC=CO1. The third-order valence-corrected chi connectivity index (χ3v) is 2.46. The molecule has 0 aromatic carbocycles. The Morgan fingerprint density at radius 1 is 1.69 bits per heavy atom. The summed E-state index contributed by atoms with van der Waals surface area (Å²) < 4.78 is 10.5. The summed E-state index contributed by atoms with van der Waals surface area (Å²) in [4.78, 5) is 10.8. The van der Waals surface area contributed by atoms with Gasteiger partial charge in [-0.15, -0.1) is 11.3 Å². The molecule has 2 heterocycles. The van der Waals surface area contributed by atoms with Gasteiger partial charge < -0.3 is 9.47 Å². The van der Waals surface area contributed by atoms with Gasteiger partial charge in [0.1, 0.15) is 0 Å². The molecule has 0 bridgehead atoms. The van der Waals surface area contributed by atoms with E-state index in [0.717, 1.165) is 0 Å². The van der Waals surface area contributed by atoms with Crippen molar-refractivity contribution in [2.75, 3.05) is 0 Å². The first-order valence-electron chi connectivity index (χ1n) is 3.86. The van der Waals surface area contributed by atoms with E-state index >= 15 is 0 Å². The molecule has 0 N–H and O–H groups in total. The lowest BCUT2D eigenvalue weighted by Crippen LogP contribution is -2.36. The van der Waals surface area contributed by atoms with E-state index in [1.165, 1.54) is 17.6 Å². The van der Waals surface area contributed by atoms with Gasteiger partial charge in [-0.2, -0.15) is 0 Å². The number of hydrogen-bond acceptors (Lipinski definition) is 4. The standard InChI is InChI=1S/C9H8O3S/c10-7-9(4-2-5-11-9)12-8-3-1-6-13-8/h1-3,5-7H,4H2. The quantitative estimate of drug-likeness (QED) is 0.693. The third-order valence-electron chi connectivity index (χ3n) is 1.71. The normalized spacial score (nSPS) is 25.5. The number of rotatable bonds is 3. The molecule has 0 spiro atoms. The topological polar surface area (TPSA) is 35.5 Å². The van der Waals surface area contributed by atoms with Crippen LogP contribution >= 0.6 is 11.3 Å². The van der Waals surface area contributed by atoms with Crippen LogP contribution in [0.5, 0.6) is 5.06 Å². The molecular weight excluding hydrogens is 188 g/mol. The summed E-state index contributed by atoms with van der Waals surface area (Å²) >= 11 is 1.43. The summed E-state index contributed by atoms with van der Waals surface area (Å²) in [5.41, 5.74) is 0. The first kappa shape index (κ1) is 8.31. The van der Waals surface area contributed by atoms with E-state index in [2.05, 4.69) is 0 Å². The van der Waals surface area contributed by atoms with E-state index in [1.54, 1.807) is 12.1 Å². The van der Waals surface area contributed by atoms with Gasteiger partial charge in [-0.25, -0.2) is 0 Å². The minimum absolute atomic E-state index is 0.467. The molecule has 0 aliphatic carbocycles. The highest BCUT2D eigenvalue weighted by Crippen LogP contribution is 2.28. The van der Waals surface area contributed by atoms with Gasteiger partial charge in [0.05, 0.1) is 12.7 Å². The second-order valence-electron chi connectivity index (χ2n) is 2.66. The maximum Gasteiger partial charge on any atom is 0.311 e. The van der Waals surface area contributed by atoms with Gasteiger partial charge in [-0.05, 0) is 23.6 Å². The molecule has 0 amide bonds. The Morgan fingerprint density at radius 3 is 3.15 bits per heavy atom. The summed E-state index contributed by atoms with van der Waals surface area (Å²) in [6, 6.07) is 3.67. The highest BCUT2D eigenvalue weighted by atomic mass is 32.1. The van der Waals surface area contributed by atoms with Gasteiger partial charge in [0.25, 0.3) is 0 Å². The van der Waals surface area contributed by atoms with E-state index < -0.39 is 5.79 Å². The van der Waals surface area contributed by atoms with Crippen molar-refractivity contribution < 1.29 is 14.3 Å². The Morgan fingerprint density at radius 2 is 2.62 bits per heavy atom. The van der Waals surface area contributed by atoms with Crippen LogP contribution in [0.15, 0.2) is 29.9 Å². The van der Waals surface area contributed by atoms with Crippen molar-refractivity contribution >= 4 is 17.6 Å². The first-order valence-corrected chi connectivity index (χ1v) is 4.74. The van der Waals surface area contributed by atoms with Crippen LogP contribution in [0.4, 0.5) is 0 Å². The highest BCUT2D eigenvalue weighted by Gasteiger charge is 2.35. The predicted octanol–water partition coefficient (Wildman–Crippen LogP) is 1.96. The monoisotopic (exact) mass is 196 g/mol. The number of carbonyl (C=O) groups is 1. The van der Waals surface area contributed by atoms with Gasteiger partial charge in [-0.1, -0.05) is 0 Å². The lowest BCUT2D eigenvalue weighted by Gasteiger charge is -2.21. The number of thiophene rings is 1. The van der Waals surface area contributed by atoms with Crippen LogP contribution in [0.25, 0.3) is 0 Å². The zero-order valence-corrected chi connectivity index (χ0v) is 7.62. The van der Waals surface area contributed by atoms with Crippen molar-refractivity contribution in [1.82, 2.24) is 0 Å². The summed E-state index contributed by atoms with van der Waals surface area (Å²) in [5, 5.41) is 2.58. The van der Waals surface area contributed by atoms with Crippen LogP contribution in [0.3, 0.4) is 0 Å². The molecule has 1 aliphatic rings. The molecule has 3 nitrogen and oxygen atoms in total. The molecule has 1 unspecified atom stereocenters. The molecule has 2 rings (SSSR count). The number of carbonyl (C=O) groups excluding carboxylic acids is 1. The molecule has 0 saturated heterocycles. The molecule has 0 fully saturated rings. The minimum atomic E-state index is -1.12. The molecule has 0 saturated carbocycles. The number of ether oxygens (including phenoxy) is 2. The zero-order valence-electron chi connectivity index (χ0n) is 6.80. The van der Waals surface area contributed by atoms with Gasteiger partial charge in [-0.3, -0.25) is 4.79 Å². The van der Waals surface area contributed by atoms with Crippen molar-refractivity contribution in [3.05, 3.63) is 29.9 Å². The minimum Gasteiger partial charge on any atom is -0.454 e. The van der Waals surface area contributed by atoms with Gasteiger partial charge in [0.15, 0.2) is 5.06 Å². The Bertz CT molecular complexity index is 308. The first-order chi connectivity index (χ1) is 6.35. The average molecular weight is 196 g/mol. The average Bonchev–Trinajstić information content (AvgIpc) is 2.77. The second kappa shape index (κ2) is 3.22. The molecule has 1 aromatic rings. The lowest BCUT2D eigenvalue weighted by atomic mass is 10.2. The van der Waals surface area contributed by atoms with E-state index in [0.29, 0.717) is 17.8 Å². The summed E-state index contributed by atoms with van der Waals surface area (Å²) in [6.07, 6.45) is 4.41.